The van der Waals surface area contributed by atoms with Crippen LogP contribution in [0.1, 0.15) is 32.1 Å². The Labute approximate surface area is 145 Å². The second kappa shape index (κ2) is 8.08. The van der Waals surface area contributed by atoms with Crippen LogP contribution < -0.4 is 15.4 Å². The zero-order valence-corrected chi connectivity index (χ0v) is 14.8. The van der Waals surface area contributed by atoms with Crippen molar-refractivity contribution in [3.8, 4) is 5.75 Å². The Morgan fingerprint density at radius 3 is 2.46 bits per heavy atom. The fraction of sp³-hybridized carbons (Fsp3) is 0.684. The molecule has 0 aromatic heterocycles. The van der Waals surface area contributed by atoms with Crippen molar-refractivity contribution in [1.82, 2.24) is 4.90 Å². The van der Waals surface area contributed by atoms with Gasteiger partial charge in [0.15, 0.2) is 0 Å². The predicted octanol–water partition coefficient (Wildman–Crippen LogP) is 2.34. The van der Waals surface area contributed by atoms with Gasteiger partial charge in [0.05, 0.1) is 12.8 Å². The summed E-state index contributed by atoms with van der Waals surface area (Å²) in [5, 5.41) is 9.09. The van der Waals surface area contributed by atoms with Gasteiger partial charge in [-0.25, -0.2) is 0 Å². The number of hydrogen-bond donors (Lipinski definition) is 2. The summed E-state index contributed by atoms with van der Waals surface area (Å²) in [4.78, 5) is 5.12. The van der Waals surface area contributed by atoms with Gasteiger partial charge in [-0.2, -0.15) is 0 Å². The van der Waals surface area contributed by atoms with Crippen molar-refractivity contribution in [3.05, 3.63) is 18.2 Å². The zero-order chi connectivity index (χ0) is 16.9. The summed E-state index contributed by atoms with van der Waals surface area (Å²) in [5.74, 6) is 1.49. The molecule has 5 heteroatoms. The number of likely N-dealkylation sites (tertiary alicyclic amines) is 1. The average molecular weight is 333 g/mol. The molecule has 2 saturated heterocycles. The van der Waals surface area contributed by atoms with E-state index < -0.39 is 0 Å². The quantitative estimate of drug-likeness (QED) is 0.810. The van der Waals surface area contributed by atoms with Crippen LogP contribution in [0.2, 0.25) is 0 Å². The monoisotopic (exact) mass is 333 g/mol. The van der Waals surface area contributed by atoms with Crippen molar-refractivity contribution in [1.29, 1.82) is 0 Å². The molecule has 2 heterocycles. The molecule has 2 fully saturated rings. The highest BCUT2D eigenvalue weighted by Gasteiger charge is 2.28. The molecule has 24 heavy (non-hydrogen) atoms. The van der Waals surface area contributed by atoms with Gasteiger partial charge in [-0.3, -0.25) is 0 Å². The molecule has 0 amide bonds. The van der Waals surface area contributed by atoms with E-state index in [-0.39, 0.29) is 0 Å². The molecule has 3 rings (SSSR count). The van der Waals surface area contributed by atoms with Crippen molar-refractivity contribution < 1.29 is 9.84 Å². The fourth-order valence-electron chi connectivity index (χ4n) is 4.18. The molecule has 0 aliphatic carbocycles. The molecule has 3 N–H and O–H groups in total. The van der Waals surface area contributed by atoms with Gasteiger partial charge >= 0.3 is 0 Å². The van der Waals surface area contributed by atoms with Crippen LogP contribution in [-0.2, 0) is 0 Å². The maximum absolute atomic E-state index is 9.09. The lowest BCUT2D eigenvalue weighted by atomic mass is 9.91. The number of methoxy groups -OCH3 is 1. The minimum atomic E-state index is 0.341. The molecule has 5 nitrogen and oxygen atoms in total. The van der Waals surface area contributed by atoms with Gasteiger partial charge in [0, 0.05) is 37.5 Å². The summed E-state index contributed by atoms with van der Waals surface area (Å²) in [5.41, 5.74) is 7.82. The normalized spacial score (nSPS) is 21.2. The van der Waals surface area contributed by atoms with E-state index in [2.05, 4.69) is 21.9 Å². The number of nitrogen functional groups attached to an aromatic ring is 1. The Morgan fingerprint density at radius 1 is 1.12 bits per heavy atom. The van der Waals surface area contributed by atoms with Gasteiger partial charge in [0.25, 0.3) is 0 Å². The highest BCUT2D eigenvalue weighted by atomic mass is 16.5. The first-order valence-electron chi connectivity index (χ1n) is 9.24. The lowest BCUT2D eigenvalue weighted by molar-refractivity contribution is 0.105. The molecule has 0 atom stereocenters. The largest absolute Gasteiger partial charge is 0.495 e. The van der Waals surface area contributed by atoms with Crippen LogP contribution in [-0.4, -0.2) is 55.9 Å². The van der Waals surface area contributed by atoms with Gasteiger partial charge in [0.2, 0.25) is 0 Å². The van der Waals surface area contributed by atoms with E-state index in [0.717, 1.165) is 31.2 Å². The molecular formula is C19H31N3O2. The lowest BCUT2D eigenvalue weighted by Crippen LogP contribution is -2.47. The fourth-order valence-corrected chi connectivity index (χ4v) is 4.18. The summed E-state index contributed by atoms with van der Waals surface area (Å²) in [6.45, 7) is 4.92. The maximum Gasteiger partial charge on any atom is 0.143 e. The van der Waals surface area contributed by atoms with Crippen molar-refractivity contribution >= 4 is 11.4 Å². The number of aliphatic hydroxyl groups is 1. The van der Waals surface area contributed by atoms with Crippen LogP contribution in [0.25, 0.3) is 0 Å². The van der Waals surface area contributed by atoms with Gasteiger partial charge in [-0.15, -0.1) is 0 Å². The van der Waals surface area contributed by atoms with E-state index in [0.29, 0.717) is 18.3 Å². The third-order valence-corrected chi connectivity index (χ3v) is 5.75. The maximum atomic E-state index is 9.09. The first kappa shape index (κ1) is 17.4. The molecule has 0 spiro atoms. The number of nitrogens with two attached hydrogens (primary N) is 1. The second-order valence-electron chi connectivity index (χ2n) is 7.14. The molecule has 1 aromatic rings. The van der Waals surface area contributed by atoms with Crippen LogP contribution in [0, 0.1) is 5.92 Å². The van der Waals surface area contributed by atoms with E-state index in [1.54, 1.807) is 7.11 Å². The summed E-state index contributed by atoms with van der Waals surface area (Å²) < 4.78 is 5.34. The van der Waals surface area contributed by atoms with E-state index in [4.69, 9.17) is 15.6 Å². The van der Waals surface area contributed by atoms with E-state index in [1.807, 2.05) is 6.07 Å². The summed E-state index contributed by atoms with van der Waals surface area (Å²) >= 11 is 0. The molecule has 0 bridgehead atoms. The molecule has 0 saturated carbocycles. The number of piperidine rings is 2. The van der Waals surface area contributed by atoms with Gasteiger partial charge in [-0.1, -0.05) is 0 Å². The number of benzene rings is 1. The van der Waals surface area contributed by atoms with E-state index in [9.17, 15) is 0 Å². The van der Waals surface area contributed by atoms with Crippen LogP contribution in [0.4, 0.5) is 11.4 Å². The standard InChI is InChI=1S/C19H31N3O2/c1-24-19-14-17(2-3-18(19)20)22-11-6-16(7-12-22)21-9-4-15(5-10-21)8-13-23/h2-3,14-16,23H,4-13,20H2,1H3. The summed E-state index contributed by atoms with van der Waals surface area (Å²) in [6.07, 6.45) is 5.91. The molecule has 2 aliphatic rings. The topological polar surface area (TPSA) is 62.0 Å². The summed E-state index contributed by atoms with van der Waals surface area (Å²) in [7, 11) is 1.67. The molecule has 0 unspecified atom stereocenters. The van der Waals surface area contributed by atoms with Crippen molar-refractivity contribution in [2.45, 2.75) is 38.1 Å². The number of aliphatic hydroxyl groups excluding tert-OH is 1. The first-order valence-corrected chi connectivity index (χ1v) is 9.24. The second-order valence-corrected chi connectivity index (χ2v) is 7.14. The Bertz CT molecular complexity index is 521. The first-order chi connectivity index (χ1) is 11.7. The van der Waals surface area contributed by atoms with Gasteiger partial charge in [-0.05, 0) is 63.2 Å². The van der Waals surface area contributed by atoms with E-state index in [1.165, 1.54) is 44.5 Å². The SMILES string of the molecule is COc1cc(N2CCC(N3CCC(CCO)CC3)CC2)ccc1N. The van der Waals surface area contributed by atoms with Gasteiger partial charge < -0.3 is 25.4 Å². The molecule has 0 radical (unpaired) electrons. The highest BCUT2D eigenvalue weighted by molar-refractivity contribution is 5.62. The van der Waals surface area contributed by atoms with Crippen molar-refractivity contribution in [2.75, 3.05) is 50.5 Å². The molecule has 134 valence electrons. The number of rotatable bonds is 5. The van der Waals surface area contributed by atoms with Crippen molar-refractivity contribution in [2.24, 2.45) is 5.92 Å². The van der Waals surface area contributed by atoms with E-state index >= 15 is 0 Å². The highest BCUT2D eigenvalue weighted by Crippen LogP contribution is 2.31. The predicted molar refractivity (Wildman–Crippen MR) is 98.6 cm³/mol. The average Bonchev–Trinajstić information content (AvgIpc) is 2.63. The lowest BCUT2D eigenvalue weighted by Gasteiger charge is -2.42. The van der Waals surface area contributed by atoms with Crippen molar-refractivity contribution in [3.63, 3.8) is 0 Å². The zero-order valence-electron chi connectivity index (χ0n) is 14.8. The Kier molecular flexibility index (Phi) is 5.85. The van der Waals surface area contributed by atoms with Crippen LogP contribution in [0.5, 0.6) is 5.75 Å². The molecule has 2 aliphatic heterocycles. The molecule has 1 aromatic carbocycles. The number of ether oxygens (including phenoxy) is 1. The van der Waals surface area contributed by atoms with Crippen LogP contribution in [0.15, 0.2) is 18.2 Å². The number of anilines is 2. The summed E-state index contributed by atoms with van der Waals surface area (Å²) in [6, 6.07) is 6.80. The van der Waals surface area contributed by atoms with Gasteiger partial charge in [0.1, 0.15) is 5.75 Å². The van der Waals surface area contributed by atoms with Crippen LogP contribution in [0.3, 0.4) is 0 Å². The molecular weight excluding hydrogens is 302 g/mol. The minimum absolute atomic E-state index is 0.341. The minimum Gasteiger partial charge on any atom is -0.495 e. The third kappa shape index (κ3) is 3.95. The Balaban J connectivity index is 1.51. The smallest absolute Gasteiger partial charge is 0.143 e. The Morgan fingerprint density at radius 2 is 1.83 bits per heavy atom. The van der Waals surface area contributed by atoms with Crippen LogP contribution >= 0.6 is 0 Å². The number of nitrogens with zero attached hydrogens (tertiary/aromatic N) is 2. The number of hydrogen-bond acceptors (Lipinski definition) is 5. The Hall–Kier alpha value is -1.46. The third-order valence-electron chi connectivity index (χ3n) is 5.75.